The number of amides is 1. The summed E-state index contributed by atoms with van der Waals surface area (Å²) in [5.41, 5.74) is 2.42. The molecule has 1 saturated heterocycles. The van der Waals surface area contributed by atoms with Crippen molar-refractivity contribution in [3.63, 3.8) is 0 Å². The highest BCUT2D eigenvalue weighted by Gasteiger charge is 2.46. The van der Waals surface area contributed by atoms with E-state index in [1.807, 2.05) is 12.3 Å². The maximum absolute atomic E-state index is 13.0. The van der Waals surface area contributed by atoms with Gasteiger partial charge in [-0.3, -0.25) is 4.79 Å². The lowest BCUT2D eigenvalue weighted by Gasteiger charge is -2.48. The van der Waals surface area contributed by atoms with Crippen LogP contribution in [0.2, 0.25) is 0 Å². The smallest absolute Gasteiger partial charge is 0.270 e. The van der Waals surface area contributed by atoms with E-state index in [1.165, 1.54) is 0 Å². The van der Waals surface area contributed by atoms with Crippen molar-refractivity contribution in [3.05, 3.63) is 54.9 Å². The number of nitriles is 1. The summed E-state index contributed by atoms with van der Waals surface area (Å²) in [6, 6.07) is 6.94. The molecule has 2 atom stereocenters. The van der Waals surface area contributed by atoms with Crippen LogP contribution in [-0.4, -0.2) is 54.1 Å². The second-order valence-electron chi connectivity index (χ2n) is 9.21. The van der Waals surface area contributed by atoms with Crippen LogP contribution in [0.3, 0.4) is 0 Å². The Bertz CT molecular complexity index is 1460. The summed E-state index contributed by atoms with van der Waals surface area (Å²) in [4.78, 5) is 30.7. The Morgan fingerprint density at radius 1 is 1.22 bits per heavy atom. The molecule has 2 aliphatic rings. The molecule has 1 saturated carbocycles. The summed E-state index contributed by atoms with van der Waals surface area (Å²) in [7, 11) is 0. The molecule has 10 nitrogen and oxygen atoms in total. The first-order chi connectivity index (χ1) is 17.4. The fourth-order valence-electron chi connectivity index (χ4n) is 4.76. The van der Waals surface area contributed by atoms with E-state index in [1.54, 1.807) is 41.6 Å². The van der Waals surface area contributed by atoms with Gasteiger partial charge < -0.3 is 15.2 Å². The van der Waals surface area contributed by atoms with Crippen molar-refractivity contribution in [3.8, 4) is 17.5 Å². The Kier molecular flexibility index (Phi) is 5.13. The van der Waals surface area contributed by atoms with E-state index < -0.39 is 17.9 Å². The summed E-state index contributed by atoms with van der Waals surface area (Å²) in [5.74, 6) is -2.58. The lowest BCUT2D eigenvalue weighted by Crippen LogP contribution is -2.53. The Morgan fingerprint density at radius 2 is 2.08 bits per heavy atom. The van der Waals surface area contributed by atoms with E-state index in [0.717, 1.165) is 22.3 Å². The highest BCUT2D eigenvalue weighted by molar-refractivity contribution is 5.92. The van der Waals surface area contributed by atoms with Gasteiger partial charge in [0.2, 0.25) is 0 Å². The summed E-state index contributed by atoms with van der Waals surface area (Å²) in [6.45, 7) is 0.628. The SMILES string of the molecule is N#CCC1CN(c2ccc(C(=O)NC3CC(F)(F)C3)nc2)C1n1cc(-c2ncc3cc[nH]c3n2)cn1. The largest absolute Gasteiger partial charge is 0.348 e. The molecular weight excluding hydrogens is 468 g/mol. The molecule has 0 bridgehead atoms. The van der Waals surface area contributed by atoms with Gasteiger partial charge in [-0.25, -0.2) is 28.4 Å². The van der Waals surface area contributed by atoms with Gasteiger partial charge in [0.25, 0.3) is 11.8 Å². The average molecular weight is 489 g/mol. The summed E-state index contributed by atoms with van der Waals surface area (Å²) < 4.78 is 27.9. The first-order valence-electron chi connectivity index (χ1n) is 11.5. The van der Waals surface area contributed by atoms with Crippen LogP contribution in [0.15, 0.2) is 49.2 Å². The molecular formula is C24H21F2N9O. The molecule has 6 rings (SSSR count). The van der Waals surface area contributed by atoms with Gasteiger partial charge >= 0.3 is 0 Å². The van der Waals surface area contributed by atoms with Gasteiger partial charge in [-0.1, -0.05) is 0 Å². The van der Waals surface area contributed by atoms with Crippen molar-refractivity contribution < 1.29 is 13.6 Å². The minimum Gasteiger partial charge on any atom is -0.348 e. The first kappa shape index (κ1) is 22.1. The van der Waals surface area contributed by atoms with Crippen molar-refractivity contribution in [1.29, 1.82) is 5.26 Å². The minimum atomic E-state index is -2.70. The van der Waals surface area contributed by atoms with Crippen LogP contribution >= 0.6 is 0 Å². The highest BCUT2D eigenvalue weighted by atomic mass is 19.3. The third-order valence-corrected chi connectivity index (χ3v) is 6.69. The lowest BCUT2D eigenvalue weighted by molar-refractivity contribution is -0.0901. The third kappa shape index (κ3) is 3.92. The third-order valence-electron chi connectivity index (χ3n) is 6.69. The van der Waals surface area contributed by atoms with Crippen LogP contribution in [-0.2, 0) is 0 Å². The molecule has 2 fully saturated rings. The number of nitrogens with one attached hydrogen (secondary N) is 2. The number of rotatable bonds is 6. The van der Waals surface area contributed by atoms with E-state index in [0.29, 0.717) is 18.8 Å². The fraction of sp³-hybridized carbons (Fsp3) is 0.333. The second-order valence-corrected chi connectivity index (χ2v) is 9.21. The number of halogens is 2. The first-order valence-corrected chi connectivity index (χ1v) is 11.5. The van der Waals surface area contributed by atoms with Gasteiger partial charge in [-0.15, -0.1) is 0 Å². The fourth-order valence-corrected chi connectivity index (χ4v) is 4.76. The van der Waals surface area contributed by atoms with Crippen molar-refractivity contribution in [2.24, 2.45) is 5.92 Å². The number of H-pyrrole nitrogens is 1. The van der Waals surface area contributed by atoms with Crippen molar-refractivity contribution in [1.82, 2.24) is 35.0 Å². The number of aromatic amines is 1. The molecule has 5 heterocycles. The second kappa shape index (κ2) is 8.37. The number of anilines is 1. The zero-order valence-electron chi connectivity index (χ0n) is 19.0. The number of carbonyl (C=O) groups is 1. The molecule has 1 aliphatic carbocycles. The van der Waals surface area contributed by atoms with E-state index in [2.05, 4.69) is 41.3 Å². The minimum absolute atomic E-state index is 0.0535. The molecule has 36 heavy (non-hydrogen) atoms. The predicted octanol–water partition coefficient (Wildman–Crippen LogP) is 3.29. The number of fused-ring (bicyclic) bond motifs is 1. The number of carbonyl (C=O) groups excluding carboxylic acids is 1. The molecule has 4 aromatic heterocycles. The number of hydrogen-bond donors (Lipinski definition) is 2. The molecule has 182 valence electrons. The average Bonchev–Trinajstić information content (AvgIpc) is 3.49. The number of aromatic nitrogens is 6. The molecule has 12 heteroatoms. The van der Waals surface area contributed by atoms with Crippen molar-refractivity contribution >= 4 is 22.6 Å². The summed E-state index contributed by atoms with van der Waals surface area (Å²) in [6.07, 6.45) is 8.14. The van der Waals surface area contributed by atoms with Crippen molar-refractivity contribution in [2.45, 2.75) is 37.4 Å². The van der Waals surface area contributed by atoms with E-state index in [-0.39, 0.29) is 30.6 Å². The van der Waals surface area contributed by atoms with Gasteiger partial charge in [0.15, 0.2) is 5.82 Å². The number of nitrogens with zero attached hydrogens (tertiary/aromatic N) is 7. The van der Waals surface area contributed by atoms with Gasteiger partial charge in [0.1, 0.15) is 17.5 Å². The number of pyridine rings is 1. The Morgan fingerprint density at radius 3 is 2.83 bits per heavy atom. The molecule has 1 amide bonds. The van der Waals surface area contributed by atoms with Crippen molar-refractivity contribution in [2.75, 3.05) is 11.4 Å². The quantitative estimate of drug-likeness (QED) is 0.425. The maximum atomic E-state index is 13.0. The van der Waals surface area contributed by atoms with Crippen LogP contribution in [0.1, 0.15) is 35.9 Å². The highest BCUT2D eigenvalue weighted by Crippen LogP contribution is 2.40. The van der Waals surface area contributed by atoms with Crippen LogP contribution in [0, 0.1) is 17.2 Å². The number of alkyl halides is 2. The summed E-state index contributed by atoms with van der Waals surface area (Å²) >= 11 is 0. The van der Waals surface area contributed by atoms with Gasteiger partial charge in [0, 0.05) is 61.7 Å². The van der Waals surface area contributed by atoms with Crippen LogP contribution in [0.25, 0.3) is 22.4 Å². The van der Waals surface area contributed by atoms with E-state index in [4.69, 9.17) is 0 Å². The van der Waals surface area contributed by atoms with Gasteiger partial charge in [-0.2, -0.15) is 10.4 Å². The molecule has 0 aromatic carbocycles. The molecule has 0 spiro atoms. The zero-order valence-corrected chi connectivity index (χ0v) is 19.0. The standard InChI is InChI=1S/C24H21F2N9O/c25-24(26)7-17(8-24)32-22(36)19-2-1-18(11-29-19)34-12-15(3-5-27)23(34)35-13-16(10-31-35)21-30-9-14-4-6-28-20(14)33-21/h1-2,4,6,9-11,13,15,17,23H,3,7-8,12H2,(H,32,36)(H,28,30,33). The Labute approximate surface area is 204 Å². The van der Waals surface area contributed by atoms with Crippen LogP contribution in [0.4, 0.5) is 14.5 Å². The predicted molar refractivity (Wildman–Crippen MR) is 125 cm³/mol. The maximum Gasteiger partial charge on any atom is 0.270 e. The Balaban J connectivity index is 1.19. The molecule has 0 radical (unpaired) electrons. The lowest BCUT2D eigenvalue weighted by atomic mass is 9.88. The zero-order chi connectivity index (χ0) is 24.9. The van der Waals surface area contributed by atoms with Crippen LogP contribution in [0.5, 0.6) is 0 Å². The molecule has 1 aliphatic heterocycles. The van der Waals surface area contributed by atoms with Crippen LogP contribution < -0.4 is 10.2 Å². The normalized spacial score (nSPS) is 21.0. The topological polar surface area (TPSA) is 128 Å². The molecule has 2 N–H and O–H groups in total. The monoisotopic (exact) mass is 489 g/mol. The summed E-state index contributed by atoms with van der Waals surface area (Å²) in [5, 5.41) is 17.3. The Hall–Kier alpha value is -4.40. The van der Waals surface area contributed by atoms with Gasteiger partial charge in [0.05, 0.1) is 29.7 Å². The molecule has 2 unspecified atom stereocenters. The molecule has 4 aromatic rings. The van der Waals surface area contributed by atoms with E-state index in [9.17, 15) is 18.8 Å². The number of hydrogen-bond acceptors (Lipinski definition) is 7. The van der Waals surface area contributed by atoms with Gasteiger partial charge in [-0.05, 0) is 18.2 Å². The van der Waals surface area contributed by atoms with E-state index >= 15 is 0 Å².